The fourth-order valence-corrected chi connectivity index (χ4v) is 2.00. The second kappa shape index (κ2) is 7.42. The maximum absolute atomic E-state index is 11.8. The van der Waals surface area contributed by atoms with E-state index in [0.717, 1.165) is 0 Å². The Hall–Kier alpha value is -1.18. The first-order chi connectivity index (χ1) is 8.95. The topological polar surface area (TPSA) is 97.1 Å². The molecule has 0 saturated carbocycles. The molecule has 0 spiro atoms. The summed E-state index contributed by atoms with van der Waals surface area (Å²) in [7, 11) is -0.884. The Labute approximate surface area is 119 Å². The Kier molecular flexibility index (Phi) is 6.20. The Morgan fingerprint density at radius 1 is 1.63 bits per heavy atom. The summed E-state index contributed by atoms with van der Waals surface area (Å²) in [5, 5.41) is 3.05. The Morgan fingerprint density at radius 3 is 2.84 bits per heavy atom. The fraction of sp³-hybridized carbons (Fsp3) is 0.455. The van der Waals surface area contributed by atoms with E-state index in [-0.39, 0.29) is 16.2 Å². The lowest BCUT2D eigenvalue weighted by molar-refractivity contribution is 0.0953. The standard InChI is InChI=1S/C11H17ClN4O2S/c1-7(19(2)18)3-4-14-11(17)8-5-9(12)10(16-13)15-6-8/h5-7H,3-4,13H2,1-2H3,(H,14,17)(H,15,16). The number of anilines is 1. The fourth-order valence-electron chi connectivity index (χ4n) is 1.33. The number of nitrogen functional groups attached to an aromatic ring is 1. The molecule has 19 heavy (non-hydrogen) atoms. The number of nitrogens with zero attached hydrogens (tertiary/aromatic N) is 1. The second-order valence-corrected chi connectivity index (χ2v) is 6.26. The minimum Gasteiger partial charge on any atom is -0.352 e. The van der Waals surface area contributed by atoms with Crippen LogP contribution in [0, 0.1) is 0 Å². The van der Waals surface area contributed by atoms with Gasteiger partial charge in [0.25, 0.3) is 5.91 Å². The Morgan fingerprint density at radius 2 is 2.32 bits per heavy atom. The molecule has 0 saturated heterocycles. The summed E-state index contributed by atoms with van der Waals surface area (Å²) in [6.45, 7) is 2.33. The number of hydrazine groups is 1. The molecule has 106 valence electrons. The first-order valence-corrected chi connectivity index (χ1v) is 7.68. The smallest absolute Gasteiger partial charge is 0.252 e. The number of amides is 1. The molecule has 1 aromatic rings. The molecule has 4 N–H and O–H groups in total. The summed E-state index contributed by atoms with van der Waals surface area (Å²) >= 11 is 5.87. The molecule has 0 fully saturated rings. The zero-order chi connectivity index (χ0) is 14.4. The van der Waals surface area contributed by atoms with Gasteiger partial charge in [0, 0.05) is 35.0 Å². The van der Waals surface area contributed by atoms with E-state index in [0.29, 0.717) is 24.3 Å². The molecule has 1 aromatic heterocycles. The van der Waals surface area contributed by atoms with Gasteiger partial charge in [-0.25, -0.2) is 10.8 Å². The summed E-state index contributed by atoms with van der Waals surface area (Å²) in [6.07, 6.45) is 3.69. The lowest BCUT2D eigenvalue weighted by atomic mass is 10.2. The van der Waals surface area contributed by atoms with Crippen molar-refractivity contribution in [3.63, 3.8) is 0 Å². The molecule has 0 radical (unpaired) electrons. The van der Waals surface area contributed by atoms with Crippen LogP contribution in [0.1, 0.15) is 23.7 Å². The van der Waals surface area contributed by atoms with Crippen molar-refractivity contribution < 1.29 is 9.00 Å². The predicted octanol–water partition coefficient (Wildman–Crippen LogP) is 0.908. The van der Waals surface area contributed by atoms with Gasteiger partial charge in [-0.3, -0.25) is 9.00 Å². The first kappa shape index (κ1) is 15.9. The predicted molar refractivity (Wildman–Crippen MR) is 77.5 cm³/mol. The number of nitrogens with two attached hydrogens (primary N) is 1. The van der Waals surface area contributed by atoms with Crippen molar-refractivity contribution in [3.05, 3.63) is 22.8 Å². The van der Waals surface area contributed by atoms with Gasteiger partial charge in [-0.2, -0.15) is 0 Å². The van der Waals surface area contributed by atoms with E-state index in [1.807, 2.05) is 6.92 Å². The van der Waals surface area contributed by atoms with Crippen LogP contribution in [0.25, 0.3) is 0 Å². The van der Waals surface area contributed by atoms with E-state index in [9.17, 15) is 9.00 Å². The number of hydrogen-bond donors (Lipinski definition) is 3. The SMILES string of the molecule is CC(CCNC(=O)c1cnc(NN)c(Cl)c1)S(C)=O. The summed E-state index contributed by atoms with van der Waals surface area (Å²) in [5.74, 6) is 5.23. The third kappa shape index (κ3) is 4.77. The van der Waals surface area contributed by atoms with Crippen LogP contribution in [0.15, 0.2) is 12.3 Å². The molecule has 6 nitrogen and oxygen atoms in total. The average Bonchev–Trinajstić information content (AvgIpc) is 2.38. The second-order valence-electron chi connectivity index (χ2n) is 4.05. The molecule has 2 atom stereocenters. The van der Waals surface area contributed by atoms with Crippen LogP contribution in [0.3, 0.4) is 0 Å². The lowest BCUT2D eigenvalue weighted by Crippen LogP contribution is -2.27. The van der Waals surface area contributed by atoms with E-state index in [4.69, 9.17) is 17.4 Å². The maximum atomic E-state index is 11.8. The van der Waals surface area contributed by atoms with Crippen LogP contribution >= 0.6 is 11.6 Å². The molecule has 0 aliphatic heterocycles. The number of aromatic nitrogens is 1. The normalized spacial score (nSPS) is 13.7. The van der Waals surface area contributed by atoms with Gasteiger partial charge in [0.1, 0.15) is 0 Å². The molecule has 0 aliphatic carbocycles. The first-order valence-electron chi connectivity index (χ1n) is 5.68. The molecule has 1 amide bonds. The van der Waals surface area contributed by atoms with Crippen molar-refractivity contribution in [2.24, 2.45) is 5.84 Å². The summed E-state index contributed by atoms with van der Waals surface area (Å²) in [6, 6.07) is 1.49. The highest BCUT2D eigenvalue weighted by Gasteiger charge is 2.11. The van der Waals surface area contributed by atoms with Crippen LogP contribution in [0.4, 0.5) is 5.82 Å². The molecule has 0 aliphatic rings. The monoisotopic (exact) mass is 304 g/mol. The number of hydrogen-bond acceptors (Lipinski definition) is 5. The zero-order valence-electron chi connectivity index (χ0n) is 10.8. The van der Waals surface area contributed by atoms with Crippen LogP contribution in [0.2, 0.25) is 5.02 Å². The molecule has 0 bridgehead atoms. The highest BCUT2D eigenvalue weighted by Crippen LogP contribution is 2.18. The average molecular weight is 305 g/mol. The molecular formula is C11H17ClN4O2S. The van der Waals surface area contributed by atoms with Gasteiger partial charge in [-0.1, -0.05) is 18.5 Å². The van der Waals surface area contributed by atoms with E-state index >= 15 is 0 Å². The summed E-state index contributed by atoms with van der Waals surface area (Å²) in [5.41, 5.74) is 2.68. The maximum Gasteiger partial charge on any atom is 0.252 e. The number of carbonyl (C=O) groups excluding carboxylic acids is 1. The van der Waals surface area contributed by atoms with Crippen LogP contribution in [-0.2, 0) is 10.8 Å². The Bertz CT molecular complexity index is 484. The van der Waals surface area contributed by atoms with Crippen molar-refractivity contribution >= 4 is 34.1 Å². The molecule has 8 heteroatoms. The van der Waals surface area contributed by atoms with E-state index in [2.05, 4.69) is 15.7 Å². The minimum absolute atomic E-state index is 0.0471. The van der Waals surface area contributed by atoms with Crippen molar-refractivity contribution in [1.82, 2.24) is 10.3 Å². The highest BCUT2D eigenvalue weighted by molar-refractivity contribution is 7.84. The van der Waals surface area contributed by atoms with Crippen molar-refractivity contribution in [2.45, 2.75) is 18.6 Å². The largest absolute Gasteiger partial charge is 0.352 e. The van der Waals surface area contributed by atoms with Crippen LogP contribution in [0.5, 0.6) is 0 Å². The highest BCUT2D eigenvalue weighted by atomic mass is 35.5. The van der Waals surface area contributed by atoms with Crippen LogP contribution in [-0.4, -0.2) is 33.2 Å². The van der Waals surface area contributed by atoms with Gasteiger partial charge in [0.2, 0.25) is 0 Å². The van der Waals surface area contributed by atoms with Gasteiger partial charge < -0.3 is 10.7 Å². The Balaban J connectivity index is 2.54. The third-order valence-corrected chi connectivity index (χ3v) is 4.30. The van der Waals surface area contributed by atoms with E-state index < -0.39 is 10.8 Å². The zero-order valence-corrected chi connectivity index (χ0v) is 12.3. The van der Waals surface area contributed by atoms with Gasteiger partial charge in [-0.15, -0.1) is 0 Å². The quantitative estimate of drug-likeness (QED) is 0.536. The molecular weight excluding hydrogens is 288 g/mol. The molecule has 1 heterocycles. The van der Waals surface area contributed by atoms with Gasteiger partial charge in [0.15, 0.2) is 5.82 Å². The van der Waals surface area contributed by atoms with E-state index in [1.54, 1.807) is 6.26 Å². The van der Waals surface area contributed by atoms with E-state index in [1.165, 1.54) is 12.3 Å². The van der Waals surface area contributed by atoms with Gasteiger partial charge in [0.05, 0.1) is 10.6 Å². The number of pyridine rings is 1. The van der Waals surface area contributed by atoms with Crippen molar-refractivity contribution in [1.29, 1.82) is 0 Å². The number of nitrogens with one attached hydrogen (secondary N) is 2. The van der Waals surface area contributed by atoms with Crippen molar-refractivity contribution in [3.8, 4) is 0 Å². The third-order valence-electron chi connectivity index (χ3n) is 2.64. The number of halogens is 1. The summed E-state index contributed by atoms with van der Waals surface area (Å²) < 4.78 is 11.2. The summed E-state index contributed by atoms with van der Waals surface area (Å²) in [4.78, 5) is 15.7. The number of rotatable bonds is 6. The molecule has 0 aromatic carbocycles. The molecule has 2 unspecified atom stereocenters. The van der Waals surface area contributed by atoms with Gasteiger partial charge >= 0.3 is 0 Å². The van der Waals surface area contributed by atoms with Gasteiger partial charge in [-0.05, 0) is 12.5 Å². The van der Waals surface area contributed by atoms with Crippen molar-refractivity contribution in [2.75, 3.05) is 18.2 Å². The lowest BCUT2D eigenvalue weighted by Gasteiger charge is -2.10. The minimum atomic E-state index is -0.884. The molecule has 1 rings (SSSR count). The number of carbonyl (C=O) groups is 1. The van der Waals surface area contributed by atoms with Crippen LogP contribution < -0.4 is 16.6 Å².